The van der Waals surface area contributed by atoms with Crippen LogP contribution in [0.2, 0.25) is 0 Å². The quantitative estimate of drug-likeness (QED) is 0.887. The van der Waals surface area contributed by atoms with E-state index in [0.29, 0.717) is 17.1 Å². The maximum atomic E-state index is 9.31. The van der Waals surface area contributed by atoms with Gasteiger partial charge in [0.15, 0.2) is 5.69 Å². The molecule has 0 radical (unpaired) electrons. The zero-order valence-electron chi connectivity index (χ0n) is 11.0. The molecule has 6 heteroatoms. The molecule has 0 atom stereocenters. The largest absolute Gasteiger partial charge is 0.369 e. The molecule has 1 aliphatic rings. The van der Waals surface area contributed by atoms with E-state index < -0.39 is 0 Å². The highest BCUT2D eigenvalue weighted by Crippen LogP contribution is 2.26. The summed E-state index contributed by atoms with van der Waals surface area (Å²) >= 11 is 0. The van der Waals surface area contributed by atoms with E-state index in [9.17, 15) is 5.26 Å². The number of rotatable bonds is 2. The van der Waals surface area contributed by atoms with Crippen LogP contribution in [0.5, 0.6) is 0 Å². The molecule has 1 aliphatic heterocycles. The second kappa shape index (κ2) is 5.13. The molecule has 3 heterocycles. The molecule has 0 aromatic carbocycles. The van der Waals surface area contributed by atoms with Gasteiger partial charge in [-0.25, -0.2) is 15.0 Å². The summed E-state index contributed by atoms with van der Waals surface area (Å²) in [6.45, 7) is 1.96. The summed E-state index contributed by atoms with van der Waals surface area (Å²) in [6, 6.07) is 7.71. The van der Waals surface area contributed by atoms with Gasteiger partial charge in [-0.15, -0.1) is 0 Å². The predicted molar refractivity (Wildman–Crippen MR) is 75.8 cm³/mol. The first-order valence-corrected chi connectivity index (χ1v) is 6.53. The van der Waals surface area contributed by atoms with Crippen molar-refractivity contribution in [2.45, 2.75) is 12.8 Å². The maximum Gasteiger partial charge on any atom is 0.220 e. The van der Waals surface area contributed by atoms with E-state index in [1.807, 2.05) is 12.1 Å². The van der Waals surface area contributed by atoms with Crippen molar-refractivity contribution in [2.75, 3.05) is 23.7 Å². The van der Waals surface area contributed by atoms with Crippen molar-refractivity contribution in [1.29, 1.82) is 5.26 Å². The maximum absolute atomic E-state index is 9.31. The van der Waals surface area contributed by atoms with E-state index >= 15 is 0 Å². The van der Waals surface area contributed by atoms with Gasteiger partial charge in [0.05, 0.1) is 17.1 Å². The summed E-state index contributed by atoms with van der Waals surface area (Å²) in [6.07, 6.45) is 3.91. The van der Waals surface area contributed by atoms with Crippen molar-refractivity contribution in [2.24, 2.45) is 0 Å². The lowest BCUT2D eigenvalue weighted by Gasteiger charge is -2.18. The Hall–Kier alpha value is -2.68. The summed E-state index contributed by atoms with van der Waals surface area (Å²) < 4.78 is 0. The molecule has 2 aromatic heterocycles. The fourth-order valence-electron chi connectivity index (χ4n) is 2.41. The molecule has 0 bridgehead atoms. The van der Waals surface area contributed by atoms with Crippen molar-refractivity contribution >= 4 is 11.6 Å². The monoisotopic (exact) mass is 266 g/mol. The molecule has 6 nitrogen and oxygen atoms in total. The number of pyridine rings is 1. The van der Waals surface area contributed by atoms with E-state index in [4.69, 9.17) is 5.73 Å². The van der Waals surface area contributed by atoms with Crippen LogP contribution in [0.25, 0.3) is 11.4 Å². The van der Waals surface area contributed by atoms with Crippen LogP contribution in [0.1, 0.15) is 18.5 Å². The first kappa shape index (κ1) is 12.4. The molecule has 0 unspecified atom stereocenters. The van der Waals surface area contributed by atoms with E-state index in [1.54, 1.807) is 12.3 Å². The number of nitrogen functional groups attached to an aromatic ring is 1. The molecule has 2 aromatic rings. The zero-order valence-corrected chi connectivity index (χ0v) is 11.0. The molecule has 2 N–H and O–H groups in total. The van der Waals surface area contributed by atoms with Crippen molar-refractivity contribution in [3.63, 3.8) is 0 Å². The van der Waals surface area contributed by atoms with Crippen LogP contribution in [0.3, 0.4) is 0 Å². The lowest BCUT2D eigenvalue weighted by molar-refractivity contribution is 0.949. The van der Waals surface area contributed by atoms with Gasteiger partial charge in [-0.1, -0.05) is 0 Å². The van der Waals surface area contributed by atoms with Gasteiger partial charge in [-0.2, -0.15) is 5.26 Å². The third-order valence-corrected chi connectivity index (χ3v) is 3.36. The Morgan fingerprint density at radius 3 is 2.55 bits per heavy atom. The van der Waals surface area contributed by atoms with Gasteiger partial charge in [0, 0.05) is 19.3 Å². The molecule has 0 spiro atoms. The lowest BCUT2D eigenvalue weighted by atomic mass is 10.2. The number of hydrogen-bond acceptors (Lipinski definition) is 6. The van der Waals surface area contributed by atoms with Gasteiger partial charge in [0.25, 0.3) is 0 Å². The highest BCUT2D eigenvalue weighted by Gasteiger charge is 2.17. The molecule has 0 amide bonds. The average molecular weight is 266 g/mol. The van der Waals surface area contributed by atoms with E-state index in [1.165, 1.54) is 0 Å². The second-order valence-electron chi connectivity index (χ2n) is 4.67. The summed E-state index contributed by atoms with van der Waals surface area (Å²) in [4.78, 5) is 14.6. The Bertz CT molecular complexity index is 670. The number of hydrogen-bond donors (Lipinski definition) is 1. The standard InChI is InChI=1S/C14H14N6/c15-9-12-13(20-7-1-2-8-20)4-3-10(18-12)11-5-6-17-14(16)19-11/h3-6H,1-2,7-8H2,(H2,16,17,19). The molecule has 100 valence electrons. The molecule has 1 saturated heterocycles. The lowest BCUT2D eigenvalue weighted by Crippen LogP contribution is -2.19. The molecule has 1 fully saturated rings. The molecule has 0 aliphatic carbocycles. The Balaban J connectivity index is 2.01. The van der Waals surface area contributed by atoms with Crippen molar-refractivity contribution in [3.8, 4) is 17.5 Å². The van der Waals surface area contributed by atoms with Crippen LogP contribution in [0.4, 0.5) is 11.6 Å². The third-order valence-electron chi connectivity index (χ3n) is 3.36. The fraction of sp³-hybridized carbons (Fsp3) is 0.286. The molecular formula is C14H14N6. The first-order valence-electron chi connectivity index (χ1n) is 6.53. The number of nitrogens with zero attached hydrogens (tertiary/aromatic N) is 5. The van der Waals surface area contributed by atoms with Crippen molar-refractivity contribution < 1.29 is 0 Å². The number of aromatic nitrogens is 3. The summed E-state index contributed by atoms with van der Waals surface area (Å²) in [7, 11) is 0. The smallest absolute Gasteiger partial charge is 0.220 e. The van der Waals surface area contributed by atoms with E-state index in [0.717, 1.165) is 31.6 Å². The van der Waals surface area contributed by atoms with E-state index in [2.05, 4.69) is 25.9 Å². The third kappa shape index (κ3) is 2.26. The van der Waals surface area contributed by atoms with Crippen LogP contribution in [-0.4, -0.2) is 28.0 Å². The number of nitriles is 1. The topological polar surface area (TPSA) is 91.7 Å². The zero-order chi connectivity index (χ0) is 13.9. The number of nitrogens with two attached hydrogens (primary N) is 1. The van der Waals surface area contributed by atoms with E-state index in [-0.39, 0.29) is 5.95 Å². The Labute approximate surface area is 116 Å². The minimum atomic E-state index is 0.200. The number of anilines is 2. The van der Waals surface area contributed by atoms with Crippen LogP contribution < -0.4 is 10.6 Å². The Morgan fingerprint density at radius 1 is 1.10 bits per heavy atom. The Kier molecular flexibility index (Phi) is 3.17. The molecule has 3 rings (SSSR count). The van der Waals surface area contributed by atoms with Crippen LogP contribution in [0, 0.1) is 11.3 Å². The molecular weight excluding hydrogens is 252 g/mol. The van der Waals surface area contributed by atoms with Gasteiger partial charge in [-0.05, 0) is 31.0 Å². The molecule has 20 heavy (non-hydrogen) atoms. The fourth-order valence-corrected chi connectivity index (χ4v) is 2.41. The highest BCUT2D eigenvalue weighted by atomic mass is 15.2. The Morgan fingerprint density at radius 2 is 1.85 bits per heavy atom. The van der Waals surface area contributed by atoms with Gasteiger partial charge in [-0.3, -0.25) is 0 Å². The highest BCUT2D eigenvalue weighted by molar-refractivity contribution is 5.64. The van der Waals surface area contributed by atoms with Crippen molar-refractivity contribution in [3.05, 3.63) is 30.1 Å². The average Bonchev–Trinajstić information content (AvgIpc) is 3.00. The summed E-state index contributed by atoms with van der Waals surface area (Å²) in [5.41, 5.74) is 8.17. The van der Waals surface area contributed by atoms with Crippen LogP contribution in [-0.2, 0) is 0 Å². The predicted octanol–water partition coefficient (Wildman–Crippen LogP) is 1.59. The van der Waals surface area contributed by atoms with Crippen LogP contribution in [0.15, 0.2) is 24.4 Å². The molecule has 0 saturated carbocycles. The minimum Gasteiger partial charge on any atom is -0.369 e. The summed E-state index contributed by atoms with van der Waals surface area (Å²) in [5, 5.41) is 9.31. The van der Waals surface area contributed by atoms with Gasteiger partial charge < -0.3 is 10.6 Å². The van der Waals surface area contributed by atoms with Gasteiger partial charge in [0.2, 0.25) is 5.95 Å². The van der Waals surface area contributed by atoms with Gasteiger partial charge in [0.1, 0.15) is 6.07 Å². The first-order chi connectivity index (χ1) is 9.78. The normalized spacial score (nSPS) is 14.2. The summed E-state index contributed by atoms with van der Waals surface area (Å²) in [5.74, 6) is 0.200. The SMILES string of the molecule is N#Cc1nc(-c2ccnc(N)n2)ccc1N1CCCC1. The second-order valence-corrected chi connectivity index (χ2v) is 4.67. The minimum absolute atomic E-state index is 0.200. The van der Waals surface area contributed by atoms with Crippen molar-refractivity contribution in [1.82, 2.24) is 15.0 Å². The van der Waals surface area contributed by atoms with Crippen LogP contribution >= 0.6 is 0 Å². The van der Waals surface area contributed by atoms with Gasteiger partial charge >= 0.3 is 0 Å².